The number of hydrogen-bond donors (Lipinski definition) is 1. The first kappa shape index (κ1) is 23.4. The molecule has 0 saturated carbocycles. The Kier molecular flexibility index (Phi) is 7.48. The molecule has 178 valence electrons. The van der Waals surface area contributed by atoms with Gasteiger partial charge >= 0.3 is 0 Å². The van der Waals surface area contributed by atoms with Crippen LogP contribution in [0.3, 0.4) is 0 Å². The summed E-state index contributed by atoms with van der Waals surface area (Å²) < 4.78 is 6.95. The molecule has 3 aromatic rings. The van der Waals surface area contributed by atoms with E-state index in [-0.39, 0.29) is 31.2 Å². The quantitative estimate of drug-likeness (QED) is 0.493. The van der Waals surface area contributed by atoms with Gasteiger partial charge in [-0.25, -0.2) is 15.0 Å². The number of nitrogens with one attached hydrogen (secondary N) is 1. The topological polar surface area (TPSA) is 105 Å². The van der Waals surface area contributed by atoms with Crippen molar-refractivity contribution in [2.45, 2.75) is 13.5 Å². The molecule has 34 heavy (non-hydrogen) atoms. The molecule has 3 heterocycles. The van der Waals surface area contributed by atoms with Crippen molar-refractivity contribution < 1.29 is 9.53 Å². The van der Waals surface area contributed by atoms with Gasteiger partial charge in [0.05, 0.1) is 18.6 Å². The van der Waals surface area contributed by atoms with Gasteiger partial charge in [-0.2, -0.15) is 0 Å². The summed E-state index contributed by atoms with van der Waals surface area (Å²) in [7, 11) is 2.10. The number of rotatable bonds is 8. The van der Waals surface area contributed by atoms with E-state index in [1.54, 1.807) is 0 Å². The van der Waals surface area contributed by atoms with Crippen LogP contribution in [0.5, 0.6) is 5.88 Å². The molecular weight excluding hydrogens is 434 g/mol. The lowest BCUT2D eigenvalue weighted by Crippen LogP contribution is -2.44. The standard InChI is InChI=1S/C24H29N7O3/c1-18-3-5-19(6-4-18)20-13-24(33)31(17-28-20)15-22(32)25-7-12-34-23-14-21(26-16-27-23)30-10-8-29(2)9-11-30/h3-6,13-14,16-17H,7-12,15H2,1-2H3,(H,25,32). The molecule has 2 aromatic heterocycles. The van der Waals surface area contributed by atoms with E-state index in [0.717, 1.165) is 43.1 Å². The summed E-state index contributed by atoms with van der Waals surface area (Å²) in [5.41, 5.74) is 2.29. The number of amides is 1. The Bertz CT molecular complexity index is 1170. The molecule has 0 radical (unpaired) electrons. The third-order valence-corrected chi connectivity index (χ3v) is 5.67. The second-order valence-corrected chi connectivity index (χ2v) is 8.31. The Labute approximate surface area is 198 Å². The number of hydrogen-bond acceptors (Lipinski definition) is 8. The van der Waals surface area contributed by atoms with Crippen LogP contribution in [0.4, 0.5) is 5.82 Å². The number of likely N-dealkylation sites (N-methyl/N-ethyl adjacent to an activating group) is 1. The monoisotopic (exact) mass is 463 g/mol. The molecule has 10 heteroatoms. The molecule has 0 spiro atoms. The Balaban J connectivity index is 1.24. The first-order valence-electron chi connectivity index (χ1n) is 11.3. The van der Waals surface area contributed by atoms with E-state index in [4.69, 9.17) is 4.74 Å². The lowest BCUT2D eigenvalue weighted by Gasteiger charge is -2.33. The zero-order chi connectivity index (χ0) is 23.9. The van der Waals surface area contributed by atoms with Gasteiger partial charge in [0, 0.05) is 43.9 Å². The van der Waals surface area contributed by atoms with Crippen molar-refractivity contribution in [3.8, 4) is 17.1 Å². The van der Waals surface area contributed by atoms with Crippen molar-refractivity contribution in [2.24, 2.45) is 0 Å². The summed E-state index contributed by atoms with van der Waals surface area (Å²) in [6.45, 7) is 6.21. The van der Waals surface area contributed by atoms with Gasteiger partial charge in [0.15, 0.2) is 0 Å². The summed E-state index contributed by atoms with van der Waals surface area (Å²) in [5.74, 6) is 1.00. The Morgan fingerprint density at radius 3 is 2.56 bits per heavy atom. The molecule has 4 rings (SSSR count). The van der Waals surface area contributed by atoms with Gasteiger partial charge in [-0.1, -0.05) is 29.8 Å². The van der Waals surface area contributed by atoms with E-state index in [9.17, 15) is 9.59 Å². The second-order valence-electron chi connectivity index (χ2n) is 8.31. The molecule has 1 aliphatic rings. The number of ether oxygens (including phenoxy) is 1. The smallest absolute Gasteiger partial charge is 0.254 e. The van der Waals surface area contributed by atoms with E-state index in [1.807, 2.05) is 37.3 Å². The fourth-order valence-corrected chi connectivity index (χ4v) is 3.60. The predicted molar refractivity (Wildman–Crippen MR) is 129 cm³/mol. The lowest BCUT2D eigenvalue weighted by atomic mass is 10.1. The van der Waals surface area contributed by atoms with Crippen molar-refractivity contribution >= 4 is 11.7 Å². The summed E-state index contributed by atoms with van der Waals surface area (Å²) in [6.07, 6.45) is 2.88. The normalized spacial score (nSPS) is 14.1. The summed E-state index contributed by atoms with van der Waals surface area (Å²) >= 11 is 0. The van der Waals surface area contributed by atoms with Gasteiger partial charge in [0.1, 0.15) is 25.3 Å². The summed E-state index contributed by atoms with van der Waals surface area (Å²) in [6, 6.07) is 11.0. The summed E-state index contributed by atoms with van der Waals surface area (Å²) in [5, 5.41) is 2.75. The van der Waals surface area contributed by atoms with E-state index in [0.29, 0.717) is 11.6 Å². The van der Waals surface area contributed by atoms with Crippen LogP contribution in [-0.2, 0) is 11.3 Å². The molecule has 0 atom stereocenters. The first-order chi connectivity index (χ1) is 16.5. The van der Waals surface area contributed by atoms with Crippen molar-refractivity contribution in [3.05, 3.63) is 65.0 Å². The molecule has 1 amide bonds. The first-order valence-corrected chi connectivity index (χ1v) is 11.3. The van der Waals surface area contributed by atoms with Crippen LogP contribution >= 0.6 is 0 Å². The Morgan fingerprint density at radius 2 is 1.82 bits per heavy atom. The van der Waals surface area contributed by atoms with Crippen molar-refractivity contribution in [2.75, 3.05) is 51.3 Å². The highest BCUT2D eigenvalue weighted by atomic mass is 16.5. The number of nitrogens with zero attached hydrogens (tertiary/aromatic N) is 6. The molecule has 1 fully saturated rings. The predicted octanol–water partition coefficient (Wildman–Crippen LogP) is 0.956. The molecular formula is C24H29N7O3. The maximum atomic E-state index is 12.4. The number of carbonyl (C=O) groups is 1. The van der Waals surface area contributed by atoms with Crippen LogP contribution in [0.1, 0.15) is 5.56 Å². The Hall–Kier alpha value is -3.79. The molecule has 0 unspecified atom stereocenters. The van der Waals surface area contributed by atoms with Crippen LogP contribution < -0.4 is 20.5 Å². The van der Waals surface area contributed by atoms with Crippen LogP contribution in [-0.4, -0.2) is 76.7 Å². The fourth-order valence-electron chi connectivity index (χ4n) is 3.60. The second kappa shape index (κ2) is 10.9. The van der Waals surface area contributed by atoms with Crippen molar-refractivity contribution in [1.82, 2.24) is 29.7 Å². The van der Waals surface area contributed by atoms with Gasteiger partial charge in [0.2, 0.25) is 11.8 Å². The van der Waals surface area contributed by atoms with Gasteiger partial charge < -0.3 is 19.9 Å². The highest BCUT2D eigenvalue weighted by molar-refractivity contribution is 5.75. The van der Waals surface area contributed by atoms with E-state index in [1.165, 1.54) is 23.3 Å². The Morgan fingerprint density at radius 1 is 1.06 bits per heavy atom. The average Bonchev–Trinajstić information content (AvgIpc) is 2.84. The van der Waals surface area contributed by atoms with Crippen LogP contribution in [0.2, 0.25) is 0 Å². The third kappa shape index (κ3) is 6.16. The maximum Gasteiger partial charge on any atom is 0.254 e. The number of aryl methyl sites for hydroxylation is 1. The van der Waals surface area contributed by atoms with Crippen LogP contribution in [0.25, 0.3) is 11.3 Å². The zero-order valence-corrected chi connectivity index (χ0v) is 19.5. The SMILES string of the molecule is Cc1ccc(-c2cc(=O)n(CC(=O)NCCOc3cc(N4CCN(C)CC4)ncn3)cn2)cc1. The van der Waals surface area contributed by atoms with Crippen LogP contribution in [0, 0.1) is 6.92 Å². The van der Waals surface area contributed by atoms with E-state index >= 15 is 0 Å². The molecule has 1 N–H and O–H groups in total. The largest absolute Gasteiger partial charge is 0.476 e. The molecule has 0 aliphatic carbocycles. The maximum absolute atomic E-state index is 12.4. The van der Waals surface area contributed by atoms with Crippen molar-refractivity contribution in [1.29, 1.82) is 0 Å². The number of aromatic nitrogens is 4. The highest BCUT2D eigenvalue weighted by Crippen LogP contribution is 2.17. The minimum Gasteiger partial charge on any atom is -0.476 e. The van der Waals surface area contributed by atoms with Gasteiger partial charge in [-0.3, -0.25) is 14.2 Å². The molecule has 1 aliphatic heterocycles. The van der Waals surface area contributed by atoms with E-state index in [2.05, 4.69) is 37.1 Å². The van der Waals surface area contributed by atoms with Crippen molar-refractivity contribution in [3.63, 3.8) is 0 Å². The van der Waals surface area contributed by atoms with Gasteiger partial charge in [-0.05, 0) is 14.0 Å². The highest BCUT2D eigenvalue weighted by Gasteiger charge is 2.16. The van der Waals surface area contributed by atoms with Gasteiger partial charge in [0.25, 0.3) is 5.56 Å². The minimum atomic E-state index is -0.295. The number of carbonyl (C=O) groups excluding carboxylic acids is 1. The molecule has 1 aromatic carbocycles. The average molecular weight is 464 g/mol. The number of benzene rings is 1. The minimum absolute atomic E-state index is 0.110. The third-order valence-electron chi connectivity index (χ3n) is 5.67. The number of piperazine rings is 1. The molecule has 1 saturated heterocycles. The molecule has 0 bridgehead atoms. The lowest BCUT2D eigenvalue weighted by molar-refractivity contribution is -0.121. The van der Waals surface area contributed by atoms with E-state index < -0.39 is 0 Å². The van der Waals surface area contributed by atoms with Crippen LogP contribution in [0.15, 0.2) is 53.8 Å². The zero-order valence-electron chi connectivity index (χ0n) is 19.5. The summed E-state index contributed by atoms with van der Waals surface area (Å²) in [4.78, 5) is 42.0. The molecule has 10 nitrogen and oxygen atoms in total. The number of anilines is 1. The van der Waals surface area contributed by atoms with Gasteiger partial charge in [-0.15, -0.1) is 0 Å². The fraction of sp³-hybridized carbons (Fsp3) is 0.375.